The molecule has 1 aromatic heterocycles. The van der Waals surface area contributed by atoms with Crippen molar-refractivity contribution in [1.82, 2.24) is 4.90 Å². The van der Waals surface area contributed by atoms with E-state index >= 15 is 0 Å². The van der Waals surface area contributed by atoms with Gasteiger partial charge in [0.25, 0.3) is 0 Å². The lowest BCUT2D eigenvalue weighted by molar-refractivity contribution is -0.117. The number of hydrogen-bond acceptors (Lipinski definition) is 4. The molecule has 3 aromatic rings. The third kappa shape index (κ3) is 4.75. The summed E-state index contributed by atoms with van der Waals surface area (Å²) in [6.45, 7) is 2.77. The minimum absolute atomic E-state index is 0.0147. The molecule has 27 heavy (non-hydrogen) atoms. The number of ether oxygens (including phenoxy) is 1. The van der Waals surface area contributed by atoms with E-state index in [9.17, 15) is 4.79 Å². The van der Waals surface area contributed by atoms with Crippen LogP contribution in [0.5, 0.6) is 0 Å². The second-order valence-corrected chi connectivity index (χ2v) is 7.99. The normalized spacial score (nSPS) is 16.9. The Morgan fingerprint density at radius 2 is 2.04 bits per heavy atom. The molecular formula is C22H24N2O2S. The Morgan fingerprint density at radius 3 is 2.85 bits per heavy atom. The van der Waals surface area contributed by atoms with E-state index in [1.54, 1.807) is 11.3 Å². The standard InChI is InChI=1S/C22H24N2O2S/c25-22(23-21-11-3-7-17-6-1-2-10-20(17)21)16-24(14-18-8-4-12-26-18)15-19-9-5-13-27-19/h1-3,5-7,9-11,13,18H,4,8,12,14-16H2,(H,23,25)/t18-/m0/s1. The van der Waals surface area contributed by atoms with Gasteiger partial charge < -0.3 is 10.1 Å². The zero-order chi connectivity index (χ0) is 18.5. The quantitative estimate of drug-likeness (QED) is 0.655. The van der Waals surface area contributed by atoms with Gasteiger partial charge in [-0.25, -0.2) is 0 Å². The predicted molar refractivity (Wildman–Crippen MR) is 111 cm³/mol. The summed E-state index contributed by atoms with van der Waals surface area (Å²) < 4.78 is 5.79. The second kappa shape index (κ2) is 8.65. The zero-order valence-corrected chi connectivity index (χ0v) is 16.1. The highest BCUT2D eigenvalue weighted by molar-refractivity contribution is 7.09. The number of hydrogen-bond donors (Lipinski definition) is 1. The van der Waals surface area contributed by atoms with E-state index in [4.69, 9.17) is 4.74 Å². The molecule has 5 heteroatoms. The molecule has 1 aliphatic rings. The number of fused-ring (bicyclic) bond motifs is 1. The summed E-state index contributed by atoms with van der Waals surface area (Å²) in [6.07, 6.45) is 2.42. The molecule has 0 radical (unpaired) electrons. The fourth-order valence-corrected chi connectivity index (χ4v) is 4.36. The van der Waals surface area contributed by atoms with Crippen LogP contribution in [-0.2, 0) is 16.1 Å². The van der Waals surface area contributed by atoms with Gasteiger partial charge in [0.2, 0.25) is 5.91 Å². The Balaban J connectivity index is 1.45. The molecule has 0 saturated carbocycles. The highest BCUT2D eigenvalue weighted by atomic mass is 32.1. The molecule has 1 saturated heterocycles. The third-order valence-corrected chi connectivity index (χ3v) is 5.74. The molecule has 0 bridgehead atoms. The predicted octanol–water partition coefficient (Wildman–Crippen LogP) is 4.52. The number of thiophene rings is 1. The zero-order valence-electron chi connectivity index (χ0n) is 15.3. The number of benzene rings is 2. The Morgan fingerprint density at radius 1 is 1.15 bits per heavy atom. The van der Waals surface area contributed by atoms with Crippen molar-refractivity contribution < 1.29 is 9.53 Å². The van der Waals surface area contributed by atoms with Gasteiger partial charge in [-0.05, 0) is 35.7 Å². The highest BCUT2D eigenvalue weighted by Gasteiger charge is 2.21. The van der Waals surface area contributed by atoms with Gasteiger partial charge in [-0.15, -0.1) is 11.3 Å². The van der Waals surface area contributed by atoms with Gasteiger partial charge in [0.15, 0.2) is 0 Å². The van der Waals surface area contributed by atoms with Crippen molar-refractivity contribution in [2.75, 3.05) is 25.0 Å². The molecule has 0 aliphatic carbocycles. The molecule has 1 aliphatic heterocycles. The Bertz CT molecular complexity index is 883. The average Bonchev–Trinajstić information content (AvgIpc) is 3.36. The Kier molecular flexibility index (Phi) is 5.82. The lowest BCUT2D eigenvalue weighted by Gasteiger charge is -2.24. The van der Waals surface area contributed by atoms with Crippen LogP contribution < -0.4 is 5.32 Å². The van der Waals surface area contributed by atoms with Gasteiger partial charge in [0, 0.05) is 35.6 Å². The van der Waals surface area contributed by atoms with E-state index in [1.165, 1.54) is 4.88 Å². The molecule has 140 valence electrons. The van der Waals surface area contributed by atoms with E-state index in [0.717, 1.165) is 49.0 Å². The minimum atomic E-state index is 0.0147. The van der Waals surface area contributed by atoms with Gasteiger partial charge in [-0.2, -0.15) is 0 Å². The molecule has 1 fully saturated rings. The van der Waals surface area contributed by atoms with Crippen molar-refractivity contribution in [3.05, 3.63) is 64.9 Å². The van der Waals surface area contributed by atoms with Crippen molar-refractivity contribution in [2.45, 2.75) is 25.5 Å². The van der Waals surface area contributed by atoms with E-state index in [1.807, 2.05) is 30.3 Å². The number of anilines is 1. The summed E-state index contributed by atoms with van der Waals surface area (Å²) in [5, 5.41) is 7.38. The minimum Gasteiger partial charge on any atom is -0.377 e. The van der Waals surface area contributed by atoms with Crippen LogP contribution in [0, 0.1) is 0 Å². The Hall–Kier alpha value is -2.21. The van der Waals surface area contributed by atoms with E-state index in [2.05, 4.69) is 39.9 Å². The van der Waals surface area contributed by atoms with Crippen LogP contribution >= 0.6 is 11.3 Å². The third-order valence-electron chi connectivity index (χ3n) is 4.88. The van der Waals surface area contributed by atoms with Crippen LogP contribution in [-0.4, -0.2) is 36.6 Å². The monoisotopic (exact) mass is 380 g/mol. The van der Waals surface area contributed by atoms with Crippen LogP contribution in [0.25, 0.3) is 10.8 Å². The van der Waals surface area contributed by atoms with Crippen molar-refractivity contribution in [3.63, 3.8) is 0 Å². The molecule has 1 amide bonds. The maximum atomic E-state index is 12.8. The lowest BCUT2D eigenvalue weighted by atomic mass is 10.1. The highest BCUT2D eigenvalue weighted by Crippen LogP contribution is 2.23. The first-order valence-electron chi connectivity index (χ1n) is 9.42. The first kappa shape index (κ1) is 18.2. The number of carbonyl (C=O) groups excluding carboxylic acids is 1. The maximum absolute atomic E-state index is 12.8. The molecule has 2 heterocycles. The number of rotatable bonds is 7. The van der Waals surface area contributed by atoms with Crippen LogP contribution in [0.15, 0.2) is 60.0 Å². The summed E-state index contributed by atoms with van der Waals surface area (Å²) >= 11 is 1.73. The van der Waals surface area contributed by atoms with E-state index in [-0.39, 0.29) is 12.0 Å². The first-order chi connectivity index (χ1) is 13.3. The fourth-order valence-electron chi connectivity index (χ4n) is 3.61. The summed E-state index contributed by atoms with van der Waals surface area (Å²) in [5.41, 5.74) is 0.867. The SMILES string of the molecule is O=C(CN(Cc1cccs1)C[C@@H]1CCCO1)Nc1cccc2ccccc12. The summed E-state index contributed by atoms with van der Waals surface area (Å²) in [6, 6.07) is 18.3. The molecule has 4 rings (SSSR count). The van der Waals surface area contributed by atoms with Gasteiger partial charge in [-0.3, -0.25) is 9.69 Å². The van der Waals surface area contributed by atoms with Crippen molar-refractivity contribution in [2.24, 2.45) is 0 Å². The van der Waals surface area contributed by atoms with Gasteiger partial charge in [-0.1, -0.05) is 42.5 Å². The summed E-state index contributed by atoms with van der Waals surface area (Å²) in [4.78, 5) is 16.2. The van der Waals surface area contributed by atoms with Crippen molar-refractivity contribution in [3.8, 4) is 0 Å². The van der Waals surface area contributed by atoms with Crippen LogP contribution in [0.2, 0.25) is 0 Å². The molecule has 0 spiro atoms. The van der Waals surface area contributed by atoms with Crippen molar-refractivity contribution >= 4 is 33.7 Å². The van der Waals surface area contributed by atoms with Gasteiger partial charge in [0.05, 0.1) is 12.6 Å². The van der Waals surface area contributed by atoms with E-state index < -0.39 is 0 Å². The van der Waals surface area contributed by atoms with Crippen molar-refractivity contribution in [1.29, 1.82) is 0 Å². The topological polar surface area (TPSA) is 41.6 Å². The molecule has 0 unspecified atom stereocenters. The average molecular weight is 381 g/mol. The Labute approximate surface area is 163 Å². The van der Waals surface area contributed by atoms with Crippen LogP contribution in [0.4, 0.5) is 5.69 Å². The number of carbonyl (C=O) groups is 1. The van der Waals surface area contributed by atoms with Crippen LogP contribution in [0.1, 0.15) is 17.7 Å². The molecule has 2 aromatic carbocycles. The number of nitrogens with zero attached hydrogens (tertiary/aromatic N) is 1. The van der Waals surface area contributed by atoms with Gasteiger partial charge >= 0.3 is 0 Å². The second-order valence-electron chi connectivity index (χ2n) is 6.96. The summed E-state index contributed by atoms with van der Waals surface area (Å²) in [5.74, 6) is 0.0147. The van der Waals surface area contributed by atoms with E-state index in [0.29, 0.717) is 6.54 Å². The fraction of sp³-hybridized carbons (Fsp3) is 0.318. The molecule has 1 N–H and O–H groups in total. The largest absolute Gasteiger partial charge is 0.377 e. The molecular weight excluding hydrogens is 356 g/mol. The maximum Gasteiger partial charge on any atom is 0.238 e. The molecule has 1 atom stereocenters. The van der Waals surface area contributed by atoms with Crippen LogP contribution in [0.3, 0.4) is 0 Å². The number of nitrogens with one attached hydrogen (secondary N) is 1. The summed E-state index contributed by atoms with van der Waals surface area (Å²) in [7, 11) is 0. The smallest absolute Gasteiger partial charge is 0.238 e. The lowest BCUT2D eigenvalue weighted by Crippen LogP contribution is -2.37. The first-order valence-corrected chi connectivity index (χ1v) is 10.3. The number of amides is 1. The molecule has 4 nitrogen and oxygen atoms in total. The van der Waals surface area contributed by atoms with Gasteiger partial charge in [0.1, 0.15) is 0 Å².